The molecule has 0 saturated heterocycles. The molecule has 0 spiro atoms. The van der Waals surface area contributed by atoms with Gasteiger partial charge in [0.2, 0.25) is 0 Å². The van der Waals surface area contributed by atoms with Crippen molar-refractivity contribution < 1.29 is 19.1 Å². The van der Waals surface area contributed by atoms with E-state index < -0.39 is 6.03 Å². The van der Waals surface area contributed by atoms with Gasteiger partial charge in [-0.2, -0.15) is 0 Å². The van der Waals surface area contributed by atoms with Crippen LogP contribution in [0.3, 0.4) is 0 Å². The molecule has 0 unspecified atom stereocenters. The van der Waals surface area contributed by atoms with Crippen LogP contribution in [0.2, 0.25) is 0 Å². The van der Waals surface area contributed by atoms with E-state index in [4.69, 9.17) is 15.2 Å². The molecule has 3 rings (SSSR count). The lowest BCUT2D eigenvalue weighted by atomic mass is 10.1. The van der Waals surface area contributed by atoms with Crippen LogP contribution in [0.4, 0.5) is 10.5 Å². The summed E-state index contributed by atoms with van der Waals surface area (Å²) in [7, 11) is 0. The van der Waals surface area contributed by atoms with Crippen LogP contribution in [0.5, 0.6) is 17.2 Å². The third-order valence-electron chi connectivity index (χ3n) is 4.17. The molecule has 0 saturated carbocycles. The third-order valence-corrected chi connectivity index (χ3v) is 4.17. The van der Waals surface area contributed by atoms with E-state index in [-0.39, 0.29) is 5.91 Å². The summed E-state index contributed by atoms with van der Waals surface area (Å²) < 4.78 is 11.2. The molecule has 0 aliphatic heterocycles. The minimum absolute atomic E-state index is 0.232. The van der Waals surface area contributed by atoms with Gasteiger partial charge in [0.05, 0.1) is 6.61 Å². The Bertz CT molecular complexity index is 984. The average molecular weight is 405 g/mol. The van der Waals surface area contributed by atoms with E-state index in [2.05, 4.69) is 10.6 Å². The highest BCUT2D eigenvalue weighted by molar-refractivity contribution is 6.04. The molecule has 7 heteroatoms. The number of carbonyl (C=O) groups excluding carboxylic acids is 2. The predicted molar refractivity (Wildman–Crippen MR) is 115 cm³/mol. The molecule has 3 aromatic carbocycles. The molecule has 7 nitrogen and oxygen atoms in total. The van der Waals surface area contributed by atoms with Crippen LogP contribution in [0, 0.1) is 0 Å². The van der Waals surface area contributed by atoms with Crippen LogP contribution in [0.15, 0.2) is 72.8 Å². The summed E-state index contributed by atoms with van der Waals surface area (Å²) in [5.74, 6) is 1.91. The van der Waals surface area contributed by atoms with Gasteiger partial charge in [-0.05, 0) is 73.2 Å². The van der Waals surface area contributed by atoms with E-state index >= 15 is 0 Å². The quantitative estimate of drug-likeness (QED) is 0.520. The first-order chi connectivity index (χ1) is 14.5. The van der Waals surface area contributed by atoms with Gasteiger partial charge in [-0.1, -0.05) is 12.1 Å². The molecule has 0 fully saturated rings. The Hall–Kier alpha value is -4.00. The Morgan fingerprint density at radius 1 is 0.833 bits per heavy atom. The molecule has 0 heterocycles. The van der Waals surface area contributed by atoms with E-state index in [9.17, 15) is 9.59 Å². The second-order valence-electron chi connectivity index (χ2n) is 6.40. The lowest BCUT2D eigenvalue weighted by Crippen LogP contribution is -2.28. The monoisotopic (exact) mass is 405 g/mol. The first-order valence-electron chi connectivity index (χ1n) is 9.48. The number of nitrogens with one attached hydrogen (secondary N) is 2. The van der Waals surface area contributed by atoms with Crippen molar-refractivity contribution in [3.8, 4) is 17.2 Å². The number of rotatable bonds is 8. The Morgan fingerprint density at radius 3 is 1.97 bits per heavy atom. The smallest absolute Gasteiger partial charge is 0.312 e. The van der Waals surface area contributed by atoms with E-state index in [0.717, 1.165) is 11.3 Å². The normalized spacial score (nSPS) is 10.2. The molecule has 0 radical (unpaired) electrons. The summed E-state index contributed by atoms with van der Waals surface area (Å²) in [6.07, 6.45) is 0. The summed E-state index contributed by atoms with van der Waals surface area (Å²) in [6.45, 7) is 2.86. The number of benzene rings is 3. The molecular formula is C23H23N3O4. The predicted octanol–water partition coefficient (Wildman–Crippen LogP) is 4.30. The Labute approximate surface area is 174 Å². The number of urea groups is 1. The van der Waals surface area contributed by atoms with Gasteiger partial charge in [0.25, 0.3) is 5.91 Å². The second-order valence-corrected chi connectivity index (χ2v) is 6.40. The third kappa shape index (κ3) is 6.00. The number of primary amides is 1. The van der Waals surface area contributed by atoms with Gasteiger partial charge in [-0.15, -0.1) is 0 Å². The maximum absolute atomic E-state index is 12.4. The Balaban J connectivity index is 1.55. The van der Waals surface area contributed by atoms with Crippen molar-refractivity contribution >= 4 is 17.6 Å². The van der Waals surface area contributed by atoms with Crippen LogP contribution in [0.25, 0.3) is 0 Å². The van der Waals surface area contributed by atoms with E-state index in [1.54, 1.807) is 48.5 Å². The van der Waals surface area contributed by atoms with Gasteiger partial charge in [0.1, 0.15) is 17.2 Å². The molecule has 0 aliphatic rings. The molecule has 4 N–H and O–H groups in total. The fourth-order valence-electron chi connectivity index (χ4n) is 2.68. The number of carbonyl (C=O) groups is 2. The first-order valence-corrected chi connectivity index (χ1v) is 9.48. The largest absolute Gasteiger partial charge is 0.494 e. The highest BCUT2D eigenvalue weighted by atomic mass is 16.5. The maximum atomic E-state index is 12.4. The van der Waals surface area contributed by atoms with Crippen molar-refractivity contribution in [1.29, 1.82) is 0 Å². The lowest BCUT2D eigenvalue weighted by molar-refractivity contribution is 0.102. The topological polar surface area (TPSA) is 103 Å². The molecule has 0 atom stereocenters. The van der Waals surface area contributed by atoms with E-state index in [0.29, 0.717) is 35.9 Å². The molecule has 0 aliphatic carbocycles. The zero-order valence-corrected chi connectivity index (χ0v) is 16.6. The molecule has 3 aromatic rings. The molecular weight excluding hydrogens is 382 g/mol. The van der Waals surface area contributed by atoms with Gasteiger partial charge < -0.3 is 25.8 Å². The van der Waals surface area contributed by atoms with E-state index in [1.165, 1.54) is 0 Å². The zero-order chi connectivity index (χ0) is 21.3. The van der Waals surface area contributed by atoms with Crippen LogP contribution in [-0.2, 0) is 6.54 Å². The van der Waals surface area contributed by atoms with Crippen LogP contribution < -0.4 is 25.8 Å². The summed E-state index contributed by atoms with van der Waals surface area (Å²) in [5, 5.41) is 5.34. The molecule has 154 valence electrons. The standard InChI is InChI=1S/C23H23N3O4/c1-2-29-19-11-13-21(14-12-19)30-20-9-7-18(8-10-20)26-22(27)17-5-3-16(4-6-17)15-25-23(24)28/h3-14H,2,15H2,1H3,(H,26,27)(H3,24,25,28). The van der Waals surface area contributed by atoms with Crippen LogP contribution >= 0.6 is 0 Å². The SMILES string of the molecule is CCOc1ccc(Oc2ccc(NC(=O)c3ccc(CNC(N)=O)cc3)cc2)cc1. The second kappa shape index (κ2) is 9.97. The number of hydrogen-bond donors (Lipinski definition) is 3. The van der Waals surface area contributed by atoms with Crippen molar-refractivity contribution in [2.24, 2.45) is 5.73 Å². The van der Waals surface area contributed by atoms with Gasteiger partial charge >= 0.3 is 6.03 Å². The van der Waals surface area contributed by atoms with Crippen molar-refractivity contribution in [2.75, 3.05) is 11.9 Å². The summed E-state index contributed by atoms with van der Waals surface area (Å²) >= 11 is 0. The minimum Gasteiger partial charge on any atom is -0.494 e. The summed E-state index contributed by atoms with van der Waals surface area (Å²) in [5.41, 5.74) is 7.05. The Kier molecular flexibility index (Phi) is 6.89. The fourth-order valence-corrected chi connectivity index (χ4v) is 2.68. The number of ether oxygens (including phenoxy) is 2. The van der Waals surface area contributed by atoms with Gasteiger partial charge in [0.15, 0.2) is 0 Å². The van der Waals surface area contributed by atoms with Crippen molar-refractivity contribution in [3.05, 3.63) is 83.9 Å². The molecule has 0 bridgehead atoms. The number of amides is 3. The van der Waals surface area contributed by atoms with Crippen molar-refractivity contribution in [1.82, 2.24) is 5.32 Å². The Morgan fingerprint density at radius 2 is 1.40 bits per heavy atom. The van der Waals surface area contributed by atoms with Crippen molar-refractivity contribution in [3.63, 3.8) is 0 Å². The molecule has 0 aromatic heterocycles. The first kappa shape index (κ1) is 20.7. The maximum Gasteiger partial charge on any atom is 0.312 e. The zero-order valence-electron chi connectivity index (χ0n) is 16.6. The number of hydrogen-bond acceptors (Lipinski definition) is 4. The van der Waals surface area contributed by atoms with Crippen LogP contribution in [-0.4, -0.2) is 18.5 Å². The number of anilines is 1. The molecule has 30 heavy (non-hydrogen) atoms. The molecule has 3 amide bonds. The number of nitrogens with two attached hydrogens (primary N) is 1. The van der Waals surface area contributed by atoms with E-state index in [1.807, 2.05) is 31.2 Å². The fraction of sp³-hybridized carbons (Fsp3) is 0.130. The highest BCUT2D eigenvalue weighted by Gasteiger charge is 2.07. The van der Waals surface area contributed by atoms with Crippen molar-refractivity contribution in [2.45, 2.75) is 13.5 Å². The van der Waals surface area contributed by atoms with Gasteiger partial charge in [0, 0.05) is 17.8 Å². The van der Waals surface area contributed by atoms with Crippen LogP contribution in [0.1, 0.15) is 22.8 Å². The average Bonchev–Trinajstić information content (AvgIpc) is 2.75. The lowest BCUT2D eigenvalue weighted by Gasteiger charge is -2.09. The highest BCUT2D eigenvalue weighted by Crippen LogP contribution is 2.25. The van der Waals surface area contributed by atoms with Gasteiger partial charge in [-0.3, -0.25) is 4.79 Å². The van der Waals surface area contributed by atoms with Gasteiger partial charge in [-0.25, -0.2) is 4.79 Å². The summed E-state index contributed by atoms with van der Waals surface area (Å²) in [4.78, 5) is 23.2. The summed E-state index contributed by atoms with van der Waals surface area (Å²) in [6, 6.07) is 20.8. The minimum atomic E-state index is -0.591.